The molecule has 2 aliphatic heterocycles. The van der Waals surface area contributed by atoms with E-state index in [9.17, 15) is 18.0 Å². The monoisotopic (exact) mass is 506 g/mol. The summed E-state index contributed by atoms with van der Waals surface area (Å²) in [6.07, 6.45) is -0.314. The molecule has 0 bridgehead atoms. The lowest BCUT2D eigenvalue weighted by Crippen LogP contribution is -2.36. The van der Waals surface area contributed by atoms with E-state index in [4.69, 9.17) is 5.73 Å². The van der Waals surface area contributed by atoms with Crippen LogP contribution in [0, 0.1) is 5.82 Å². The lowest BCUT2D eigenvalue weighted by molar-refractivity contribution is -0.274. The molecule has 0 saturated carbocycles. The number of nitrogen functional groups attached to an aromatic ring is 1. The van der Waals surface area contributed by atoms with Gasteiger partial charge in [-0.15, -0.1) is 13.2 Å². The molecule has 2 unspecified atom stereocenters. The zero-order valence-corrected chi connectivity index (χ0v) is 19.3. The van der Waals surface area contributed by atoms with Gasteiger partial charge in [0.15, 0.2) is 5.65 Å². The minimum Gasteiger partial charge on any atom is -0.406 e. The number of rotatable bonds is 5. The Kier molecular flexibility index (Phi) is 6.45. The number of imidazole rings is 1. The second kappa shape index (κ2) is 9.57. The van der Waals surface area contributed by atoms with Crippen LogP contribution in [0.25, 0.3) is 11.2 Å². The second-order valence-corrected chi connectivity index (χ2v) is 9.28. The van der Waals surface area contributed by atoms with Crippen molar-refractivity contribution in [1.82, 2.24) is 25.2 Å². The third-order valence-corrected chi connectivity index (χ3v) is 7.09. The molecule has 2 aromatic heterocycles. The normalized spacial score (nSPS) is 21.6. The summed E-state index contributed by atoms with van der Waals surface area (Å²) < 4.78 is 57.0. The van der Waals surface area contributed by atoms with E-state index in [0.29, 0.717) is 48.1 Å². The molecule has 1 amide bonds. The number of benzene rings is 1. The number of hydrogen-bond donors (Lipinski definition) is 3. The number of alkyl halides is 3. The Labute approximate surface area is 204 Å². The Hall–Kier alpha value is -3.41. The predicted molar refractivity (Wildman–Crippen MR) is 124 cm³/mol. The smallest absolute Gasteiger partial charge is 0.406 e. The molecule has 4 heterocycles. The van der Waals surface area contributed by atoms with Crippen LogP contribution < -0.4 is 15.8 Å². The van der Waals surface area contributed by atoms with Gasteiger partial charge in [0.2, 0.25) is 6.41 Å². The zero-order chi connectivity index (χ0) is 25.4. The third-order valence-electron chi connectivity index (χ3n) is 7.09. The first-order chi connectivity index (χ1) is 17.2. The van der Waals surface area contributed by atoms with E-state index in [-0.39, 0.29) is 17.5 Å². The first kappa shape index (κ1) is 24.3. The van der Waals surface area contributed by atoms with Gasteiger partial charge in [-0.1, -0.05) is 6.07 Å². The van der Waals surface area contributed by atoms with Crippen molar-refractivity contribution in [3.8, 4) is 5.75 Å². The Morgan fingerprint density at radius 3 is 2.64 bits per heavy atom. The van der Waals surface area contributed by atoms with Gasteiger partial charge in [-0.25, -0.2) is 14.4 Å². The van der Waals surface area contributed by atoms with Crippen molar-refractivity contribution in [3.05, 3.63) is 47.2 Å². The summed E-state index contributed by atoms with van der Waals surface area (Å²) in [5, 5.41) is 3.32. The summed E-state index contributed by atoms with van der Waals surface area (Å²) >= 11 is 0. The highest BCUT2D eigenvalue weighted by molar-refractivity contribution is 5.76. The summed E-state index contributed by atoms with van der Waals surface area (Å²) in [6, 6.07) is 3.12. The van der Waals surface area contributed by atoms with Crippen LogP contribution in [0.2, 0.25) is 0 Å². The number of halogens is 4. The number of nitrogens with two attached hydrogens (primary N) is 1. The van der Waals surface area contributed by atoms with E-state index in [1.807, 2.05) is 0 Å². The number of nitrogens with one attached hydrogen (secondary N) is 2. The molecule has 5 rings (SSSR count). The highest BCUT2D eigenvalue weighted by Crippen LogP contribution is 2.43. The number of aromatic amines is 1. The number of anilines is 1. The molecule has 2 saturated heterocycles. The van der Waals surface area contributed by atoms with E-state index in [1.165, 1.54) is 17.2 Å². The maximum Gasteiger partial charge on any atom is 0.573 e. The first-order valence-corrected chi connectivity index (χ1v) is 11.8. The Morgan fingerprint density at radius 2 is 1.94 bits per heavy atom. The van der Waals surface area contributed by atoms with Gasteiger partial charge in [0.25, 0.3) is 0 Å². The lowest BCUT2D eigenvalue weighted by atomic mass is 9.82. The number of hydrogen-bond acceptors (Lipinski definition) is 6. The minimum atomic E-state index is -4.85. The molecule has 192 valence electrons. The summed E-state index contributed by atoms with van der Waals surface area (Å²) in [4.78, 5) is 25.5. The van der Waals surface area contributed by atoms with Crippen molar-refractivity contribution in [2.24, 2.45) is 0 Å². The highest BCUT2D eigenvalue weighted by Gasteiger charge is 2.35. The molecular weight excluding hydrogens is 480 g/mol. The maximum absolute atomic E-state index is 15.2. The molecule has 8 nitrogen and oxygen atoms in total. The van der Waals surface area contributed by atoms with Crippen LogP contribution in [0.1, 0.15) is 60.5 Å². The maximum atomic E-state index is 15.2. The average Bonchev–Trinajstić information content (AvgIpc) is 3.28. The number of H-pyrrole nitrogens is 1. The Morgan fingerprint density at radius 1 is 1.17 bits per heavy atom. The summed E-state index contributed by atoms with van der Waals surface area (Å²) in [5.74, 6) is -0.175. The summed E-state index contributed by atoms with van der Waals surface area (Å²) in [6.45, 7) is 2.10. The number of fused-ring (bicyclic) bond motifs is 1. The number of piperidine rings is 2. The van der Waals surface area contributed by atoms with Crippen molar-refractivity contribution >= 4 is 23.3 Å². The quantitative estimate of drug-likeness (QED) is 0.273. The van der Waals surface area contributed by atoms with Crippen LogP contribution in [0.5, 0.6) is 5.75 Å². The molecule has 36 heavy (non-hydrogen) atoms. The van der Waals surface area contributed by atoms with Gasteiger partial charge in [0.05, 0.1) is 17.8 Å². The van der Waals surface area contributed by atoms with Crippen molar-refractivity contribution in [1.29, 1.82) is 0 Å². The van der Waals surface area contributed by atoms with Crippen molar-refractivity contribution < 1.29 is 27.1 Å². The van der Waals surface area contributed by atoms with Gasteiger partial charge in [-0.2, -0.15) is 0 Å². The summed E-state index contributed by atoms with van der Waals surface area (Å²) in [5.41, 5.74) is 8.08. The van der Waals surface area contributed by atoms with Crippen LogP contribution in [-0.4, -0.2) is 52.3 Å². The number of nitrogens with zero attached hydrogens (tertiary/aromatic N) is 3. The van der Waals surface area contributed by atoms with Crippen LogP contribution in [0.15, 0.2) is 24.4 Å². The Bertz CT molecular complexity index is 1260. The number of pyridine rings is 1. The van der Waals surface area contributed by atoms with Gasteiger partial charge in [-0.05, 0) is 56.3 Å². The minimum absolute atomic E-state index is 0.0596. The number of likely N-dealkylation sites (tertiary alicyclic amines) is 1. The van der Waals surface area contributed by atoms with Gasteiger partial charge in [0.1, 0.15) is 17.4 Å². The van der Waals surface area contributed by atoms with Crippen LogP contribution in [-0.2, 0) is 4.79 Å². The molecule has 3 aromatic rings. The fourth-order valence-electron chi connectivity index (χ4n) is 5.39. The third kappa shape index (κ3) is 4.81. The van der Waals surface area contributed by atoms with E-state index >= 15 is 4.39 Å². The fourth-order valence-corrected chi connectivity index (χ4v) is 5.39. The number of aromatic nitrogens is 3. The molecule has 12 heteroatoms. The first-order valence-electron chi connectivity index (χ1n) is 11.8. The molecule has 1 aromatic carbocycles. The fraction of sp³-hybridized carbons (Fsp3) is 0.458. The molecular formula is C24H26F4N6O2. The van der Waals surface area contributed by atoms with Gasteiger partial charge < -0.3 is 25.7 Å². The van der Waals surface area contributed by atoms with E-state index < -0.39 is 24.0 Å². The predicted octanol–water partition coefficient (Wildman–Crippen LogP) is 4.12. The van der Waals surface area contributed by atoms with Crippen molar-refractivity contribution in [3.63, 3.8) is 0 Å². The van der Waals surface area contributed by atoms with Crippen LogP contribution in [0.3, 0.4) is 0 Å². The second-order valence-electron chi connectivity index (χ2n) is 9.28. The van der Waals surface area contributed by atoms with Crippen LogP contribution >= 0.6 is 0 Å². The molecule has 2 aliphatic rings. The summed E-state index contributed by atoms with van der Waals surface area (Å²) in [7, 11) is 0. The topological polar surface area (TPSA) is 109 Å². The molecule has 4 N–H and O–H groups in total. The van der Waals surface area contributed by atoms with E-state index in [2.05, 4.69) is 25.0 Å². The number of amides is 1. The average molecular weight is 507 g/mol. The van der Waals surface area contributed by atoms with Gasteiger partial charge in [0, 0.05) is 29.8 Å². The van der Waals surface area contributed by atoms with Crippen LogP contribution in [0.4, 0.5) is 23.2 Å². The van der Waals surface area contributed by atoms with E-state index in [1.54, 1.807) is 0 Å². The molecule has 2 fully saturated rings. The van der Waals surface area contributed by atoms with Gasteiger partial charge >= 0.3 is 6.36 Å². The standard InChI is InChI=1S/C24H26F4N6O2/c25-17-11-31-23-21(32-22(33-23)13-3-6-30-7-4-13)20(17)14-5-8-34(12-35)19(9-14)16-2-1-15(10-18(16)29)36-24(26,27)28/h1-2,10-14,19,30H,3-9,29H2,(H,31,32,33). The molecule has 2 atom stereocenters. The molecule has 0 radical (unpaired) electrons. The zero-order valence-electron chi connectivity index (χ0n) is 19.3. The van der Waals surface area contributed by atoms with E-state index in [0.717, 1.165) is 43.9 Å². The number of carbonyl (C=O) groups excluding carboxylic acids is 1. The number of carbonyl (C=O) groups is 1. The Balaban J connectivity index is 1.47. The number of ether oxygens (including phenoxy) is 1. The lowest BCUT2D eigenvalue weighted by Gasteiger charge is -2.38. The largest absolute Gasteiger partial charge is 0.573 e. The highest BCUT2D eigenvalue weighted by atomic mass is 19.4. The molecule has 0 aliphatic carbocycles. The van der Waals surface area contributed by atoms with Gasteiger partial charge in [-0.3, -0.25) is 4.79 Å². The SMILES string of the molecule is Nc1cc(OC(F)(F)F)ccc1C1CC(c2c(F)cnc3nc(C4CCNCC4)[nH]c23)CCN1C=O. The molecule has 0 spiro atoms. The van der Waals surface area contributed by atoms with Crippen molar-refractivity contribution in [2.75, 3.05) is 25.4 Å². The van der Waals surface area contributed by atoms with Crippen molar-refractivity contribution in [2.45, 2.75) is 49.9 Å².